The van der Waals surface area contributed by atoms with Gasteiger partial charge in [-0.3, -0.25) is 0 Å². The van der Waals surface area contributed by atoms with Crippen molar-refractivity contribution in [2.24, 2.45) is 0 Å². The molecule has 0 amide bonds. The van der Waals surface area contributed by atoms with E-state index in [1.54, 1.807) is 12.1 Å². The molecule has 0 aliphatic carbocycles. The predicted molar refractivity (Wildman–Crippen MR) is 254 cm³/mol. The van der Waals surface area contributed by atoms with Gasteiger partial charge in [-0.25, -0.2) is 0 Å². The fraction of sp³-hybridized carbons (Fsp3) is 0.123. The first-order valence-electron chi connectivity index (χ1n) is 21.2. The molecule has 310 valence electrons. The Hall–Kier alpha value is -7.87. The number of halogens is 3. The summed E-state index contributed by atoms with van der Waals surface area (Å²) in [4.78, 5) is 0. The third kappa shape index (κ3) is 6.35. The minimum Gasteiger partial charge on any atom is -0.308 e. The molecule has 0 aliphatic heterocycles. The number of aromatic nitrogens is 2. The molecule has 0 N–H and O–H groups in total. The van der Waals surface area contributed by atoms with Crippen molar-refractivity contribution in [3.63, 3.8) is 0 Å². The van der Waals surface area contributed by atoms with Gasteiger partial charge in [-0.2, -0.15) is 23.7 Å². The Morgan fingerprint density at radius 3 is 1.30 bits per heavy atom. The van der Waals surface area contributed by atoms with Crippen LogP contribution in [0.3, 0.4) is 0 Å². The standard InChI is InChI=1S/C57H41F3N4/c1-32-21-34(3)55(35(4)22-32)39-16-19-51-45(26-39)43-11-7-9-13-49(43)63(51)53-28-41(42-18-15-38(30-61)25-48(42)57(58,59)60)29-54(47(53)31-62)64-50-14-10-8-12-44(50)46-27-40(17-20-52(46)64)56-36(5)23-33(2)24-37(56)6/h7-29H,1-6H3. The second-order valence-electron chi connectivity index (χ2n) is 17.1. The van der Waals surface area contributed by atoms with Crippen LogP contribution in [0.5, 0.6) is 0 Å². The molecule has 0 bridgehead atoms. The summed E-state index contributed by atoms with van der Waals surface area (Å²) in [5.74, 6) is 0. The second-order valence-corrected chi connectivity index (χ2v) is 17.1. The number of nitrogens with zero attached hydrogens (tertiary/aromatic N) is 4. The van der Waals surface area contributed by atoms with Crippen LogP contribution in [-0.2, 0) is 6.18 Å². The van der Waals surface area contributed by atoms with Gasteiger partial charge in [0.2, 0.25) is 0 Å². The molecule has 10 aromatic rings. The third-order valence-corrected chi connectivity index (χ3v) is 12.7. The molecule has 64 heavy (non-hydrogen) atoms. The van der Waals surface area contributed by atoms with Crippen LogP contribution in [0.1, 0.15) is 50.1 Å². The van der Waals surface area contributed by atoms with E-state index in [-0.39, 0.29) is 16.7 Å². The summed E-state index contributed by atoms with van der Waals surface area (Å²) >= 11 is 0. The molecule has 0 aliphatic rings. The van der Waals surface area contributed by atoms with Gasteiger partial charge in [-0.05, 0) is 158 Å². The van der Waals surface area contributed by atoms with Gasteiger partial charge in [-0.15, -0.1) is 0 Å². The van der Waals surface area contributed by atoms with Gasteiger partial charge in [-0.1, -0.05) is 90.0 Å². The number of alkyl halides is 3. The van der Waals surface area contributed by atoms with Crippen molar-refractivity contribution < 1.29 is 13.2 Å². The molecule has 0 unspecified atom stereocenters. The summed E-state index contributed by atoms with van der Waals surface area (Å²) < 4.78 is 49.4. The Bertz CT molecular complexity index is 3450. The van der Waals surface area contributed by atoms with E-state index < -0.39 is 11.7 Å². The van der Waals surface area contributed by atoms with E-state index in [0.717, 1.165) is 94.2 Å². The van der Waals surface area contributed by atoms with Gasteiger partial charge in [0.05, 0.1) is 50.6 Å². The number of nitriles is 2. The average molecular weight is 839 g/mol. The molecule has 0 spiro atoms. The predicted octanol–water partition coefficient (Wildman–Crippen LogP) is 15.5. The normalized spacial score (nSPS) is 11.8. The molecule has 4 nitrogen and oxygen atoms in total. The zero-order valence-electron chi connectivity index (χ0n) is 36.2. The Morgan fingerprint density at radius 1 is 0.438 bits per heavy atom. The summed E-state index contributed by atoms with van der Waals surface area (Å²) in [5.41, 5.74) is 14.9. The van der Waals surface area contributed by atoms with E-state index in [1.807, 2.05) is 63.7 Å². The molecule has 0 saturated carbocycles. The number of para-hydroxylation sites is 2. The SMILES string of the molecule is Cc1cc(C)c(-c2ccc3c(c2)c2ccccc2n3-c2cc(-c3ccc(C#N)cc3C(F)(F)F)cc(-n3c4ccccc4c4cc(-c5c(C)cc(C)cc5C)ccc43)c2C#N)c(C)c1. The Kier molecular flexibility index (Phi) is 9.36. The van der Waals surface area contributed by atoms with Crippen molar-refractivity contribution in [1.82, 2.24) is 9.13 Å². The number of aryl methyl sites for hydroxylation is 6. The summed E-state index contributed by atoms with van der Waals surface area (Å²) in [6.45, 7) is 12.7. The molecular formula is C57H41F3N4. The van der Waals surface area contributed by atoms with Crippen molar-refractivity contribution in [3.05, 3.63) is 190 Å². The third-order valence-electron chi connectivity index (χ3n) is 12.7. The molecule has 2 heterocycles. The Morgan fingerprint density at radius 2 is 0.875 bits per heavy atom. The maximum Gasteiger partial charge on any atom is 0.417 e. The van der Waals surface area contributed by atoms with Gasteiger partial charge in [0.25, 0.3) is 0 Å². The first-order valence-corrected chi connectivity index (χ1v) is 21.2. The van der Waals surface area contributed by atoms with Crippen LogP contribution in [0.2, 0.25) is 0 Å². The van der Waals surface area contributed by atoms with Crippen molar-refractivity contribution in [3.8, 4) is 56.9 Å². The maximum absolute atomic E-state index is 15.1. The fourth-order valence-corrected chi connectivity index (χ4v) is 10.4. The number of hydrogen-bond donors (Lipinski definition) is 0. The van der Waals surface area contributed by atoms with Crippen LogP contribution in [0.25, 0.3) is 88.4 Å². The summed E-state index contributed by atoms with van der Waals surface area (Å²) in [5, 5.41) is 24.9. The lowest BCUT2D eigenvalue weighted by Crippen LogP contribution is -2.09. The number of rotatable bonds is 5. The molecule has 2 aromatic heterocycles. The lowest BCUT2D eigenvalue weighted by atomic mass is 9.93. The molecular weight excluding hydrogens is 798 g/mol. The minimum atomic E-state index is -4.78. The number of benzene rings is 8. The van der Waals surface area contributed by atoms with E-state index in [1.165, 1.54) is 23.3 Å². The van der Waals surface area contributed by atoms with Crippen LogP contribution in [0, 0.1) is 64.2 Å². The van der Waals surface area contributed by atoms with E-state index in [0.29, 0.717) is 16.9 Å². The van der Waals surface area contributed by atoms with Crippen LogP contribution < -0.4 is 0 Å². The summed E-state index contributed by atoms with van der Waals surface area (Å²) in [7, 11) is 0. The highest BCUT2D eigenvalue weighted by Gasteiger charge is 2.35. The first kappa shape index (κ1) is 40.2. The zero-order chi connectivity index (χ0) is 44.8. The van der Waals surface area contributed by atoms with Crippen molar-refractivity contribution >= 4 is 43.6 Å². The molecule has 0 saturated heterocycles. The minimum absolute atomic E-state index is 0.0970. The summed E-state index contributed by atoms with van der Waals surface area (Å²) in [6.07, 6.45) is -4.78. The highest BCUT2D eigenvalue weighted by atomic mass is 19.4. The van der Waals surface area contributed by atoms with E-state index in [2.05, 4.69) is 108 Å². The molecule has 0 radical (unpaired) electrons. The second kappa shape index (κ2) is 14.9. The summed E-state index contributed by atoms with van der Waals surface area (Å²) in [6, 6.07) is 48.8. The fourth-order valence-electron chi connectivity index (χ4n) is 10.4. The average Bonchev–Trinajstić information content (AvgIpc) is 3.77. The van der Waals surface area contributed by atoms with Crippen molar-refractivity contribution in [1.29, 1.82) is 10.5 Å². The van der Waals surface area contributed by atoms with Gasteiger partial charge in [0.1, 0.15) is 11.6 Å². The highest BCUT2D eigenvalue weighted by Crippen LogP contribution is 2.45. The molecule has 0 atom stereocenters. The molecule has 7 heteroatoms. The van der Waals surface area contributed by atoms with Crippen LogP contribution in [0.15, 0.2) is 140 Å². The van der Waals surface area contributed by atoms with Crippen LogP contribution in [-0.4, -0.2) is 9.13 Å². The monoisotopic (exact) mass is 838 g/mol. The van der Waals surface area contributed by atoms with Crippen LogP contribution >= 0.6 is 0 Å². The van der Waals surface area contributed by atoms with Crippen LogP contribution in [0.4, 0.5) is 13.2 Å². The molecule has 8 aromatic carbocycles. The first-order chi connectivity index (χ1) is 30.7. The Balaban J connectivity index is 1.32. The lowest BCUT2D eigenvalue weighted by Gasteiger charge is -2.20. The molecule has 0 fully saturated rings. The van der Waals surface area contributed by atoms with E-state index in [9.17, 15) is 10.5 Å². The highest BCUT2D eigenvalue weighted by molar-refractivity contribution is 6.12. The number of hydrogen-bond acceptors (Lipinski definition) is 2. The number of fused-ring (bicyclic) bond motifs is 6. The van der Waals surface area contributed by atoms with Gasteiger partial charge in [0, 0.05) is 21.5 Å². The smallest absolute Gasteiger partial charge is 0.308 e. The van der Waals surface area contributed by atoms with E-state index >= 15 is 13.2 Å². The maximum atomic E-state index is 15.1. The topological polar surface area (TPSA) is 57.4 Å². The van der Waals surface area contributed by atoms with Gasteiger partial charge >= 0.3 is 6.18 Å². The van der Waals surface area contributed by atoms with Gasteiger partial charge < -0.3 is 9.13 Å². The molecule has 10 rings (SSSR count). The van der Waals surface area contributed by atoms with E-state index in [4.69, 9.17) is 0 Å². The largest absolute Gasteiger partial charge is 0.417 e. The lowest BCUT2D eigenvalue weighted by molar-refractivity contribution is -0.137. The van der Waals surface area contributed by atoms with Crippen molar-refractivity contribution in [2.75, 3.05) is 0 Å². The Labute approximate surface area is 369 Å². The quantitative estimate of drug-likeness (QED) is 0.173. The zero-order valence-corrected chi connectivity index (χ0v) is 36.2. The van der Waals surface area contributed by atoms with Gasteiger partial charge in [0.15, 0.2) is 0 Å². The van der Waals surface area contributed by atoms with Crippen molar-refractivity contribution in [2.45, 2.75) is 47.7 Å².